The van der Waals surface area contributed by atoms with Gasteiger partial charge in [0.15, 0.2) is 0 Å². The number of benzene rings is 1. The predicted molar refractivity (Wildman–Crippen MR) is 90.9 cm³/mol. The molecule has 0 N–H and O–H groups in total. The van der Waals surface area contributed by atoms with Crippen LogP contribution in [0.3, 0.4) is 0 Å². The topological polar surface area (TPSA) is 51.2 Å². The molecule has 0 saturated heterocycles. The number of carbonyl (C=O) groups is 1. The molecule has 0 heterocycles. The predicted octanol–water partition coefficient (Wildman–Crippen LogP) is 1.99. The molecule has 0 spiro atoms. The molecule has 130 valence electrons. The lowest BCUT2D eigenvalue weighted by molar-refractivity contribution is -0.165. The third-order valence-electron chi connectivity index (χ3n) is 3.45. The number of methoxy groups -OCH3 is 2. The SMILES string of the molecule is CCCN(CCOc1ccccc1N(C)C)C(OC)C(=O)OC. The molecular weight excluding hydrogens is 296 g/mol. The van der Waals surface area contributed by atoms with Crippen LogP contribution in [0.4, 0.5) is 5.69 Å². The molecular formula is C17H28N2O4. The number of para-hydroxylation sites is 2. The van der Waals surface area contributed by atoms with E-state index in [2.05, 4.69) is 6.92 Å². The number of anilines is 1. The minimum atomic E-state index is -0.701. The summed E-state index contributed by atoms with van der Waals surface area (Å²) >= 11 is 0. The maximum Gasteiger partial charge on any atom is 0.350 e. The van der Waals surface area contributed by atoms with E-state index in [1.807, 2.05) is 48.2 Å². The second kappa shape index (κ2) is 10.1. The van der Waals surface area contributed by atoms with Crippen molar-refractivity contribution in [2.45, 2.75) is 19.6 Å². The van der Waals surface area contributed by atoms with Crippen molar-refractivity contribution in [3.05, 3.63) is 24.3 Å². The highest BCUT2D eigenvalue weighted by atomic mass is 16.6. The zero-order valence-electron chi connectivity index (χ0n) is 14.7. The molecule has 0 amide bonds. The lowest BCUT2D eigenvalue weighted by atomic mass is 10.3. The van der Waals surface area contributed by atoms with Gasteiger partial charge in [-0.2, -0.15) is 0 Å². The molecule has 1 unspecified atom stereocenters. The van der Waals surface area contributed by atoms with Crippen LogP contribution in [-0.4, -0.2) is 65.1 Å². The maximum atomic E-state index is 11.8. The molecule has 0 aliphatic rings. The molecule has 0 fully saturated rings. The first kappa shape index (κ1) is 19.3. The third kappa shape index (κ3) is 5.73. The van der Waals surface area contributed by atoms with Gasteiger partial charge in [0.25, 0.3) is 0 Å². The summed E-state index contributed by atoms with van der Waals surface area (Å²) < 4.78 is 16.0. The van der Waals surface area contributed by atoms with Crippen LogP contribution in [0.5, 0.6) is 5.75 Å². The minimum absolute atomic E-state index is 0.394. The summed E-state index contributed by atoms with van der Waals surface area (Å²) in [6.45, 7) is 3.82. The maximum absolute atomic E-state index is 11.8. The largest absolute Gasteiger partial charge is 0.490 e. The number of rotatable bonds is 10. The number of hydrogen-bond acceptors (Lipinski definition) is 6. The van der Waals surface area contributed by atoms with Crippen LogP contribution < -0.4 is 9.64 Å². The highest BCUT2D eigenvalue weighted by molar-refractivity contribution is 5.74. The number of hydrogen-bond donors (Lipinski definition) is 0. The molecule has 0 saturated carbocycles. The van der Waals surface area contributed by atoms with Crippen LogP contribution in [0.15, 0.2) is 24.3 Å². The number of nitrogens with zero attached hydrogens (tertiary/aromatic N) is 2. The Morgan fingerprint density at radius 3 is 2.43 bits per heavy atom. The van der Waals surface area contributed by atoms with E-state index in [9.17, 15) is 4.79 Å². The molecule has 6 heteroatoms. The molecule has 6 nitrogen and oxygen atoms in total. The summed E-state index contributed by atoms with van der Waals surface area (Å²) in [4.78, 5) is 15.7. The van der Waals surface area contributed by atoms with Crippen molar-refractivity contribution in [3.63, 3.8) is 0 Å². The Hall–Kier alpha value is -1.79. The summed E-state index contributed by atoms with van der Waals surface area (Å²) in [5.74, 6) is 0.427. The first-order valence-corrected chi connectivity index (χ1v) is 7.79. The molecule has 1 aromatic carbocycles. The second-order valence-corrected chi connectivity index (χ2v) is 5.36. The normalized spacial score (nSPS) is 12.1. The van der Waals surface area contributed by atoms with Gasteiger partial charge < -0.3 is 19.1 Å². The molecule has 0 aliphatic carbocycles. The average Bonchev–Trinajstić information content (AvgIpc) is 2.55. The third-order valence-corrected chi connectivity index (χ3v) is 3.45. The van der Waals surface area contributed by atoms with Gasteiger partial charge in [-0.1, -0.05) is 19.1 Å². The van der Waals surface area contributed by atoms with Crippen LogP contribution in [0.1, 0.15) is 13.3 Å². The average molecular weight is 324 g/mol. The number of esters is 1. The Bertz CT molecular complexity index is 479. The van der Waals surface area contributed by atoms with Gasteiger partial charge in [0.1, 0.15) is 12.4 Å². The Balaban J connectivity index is 2.67. The zero-order valence-corrected chi connectivity index (χ0v) is 14.7. The fraction of sp³-hybridized carbons (Fsp3) is 0.588. The van der Waals surface area contributed by atoms with Gasteiger partial charge in [0.05, 0.1) is 12.8 Å². The standard InChI is InChI=1S/C17H28N2O4/c1-6-11-19(16(21-4)17(20)22-5)12-13-23-15-10-8-7-9-14(15)18(2)3/h7-10,16H,6,11-13H2,1-5H3. The monoisotopic (exact) mass is 324 g/mol. The van der Waals surface area contributed by atoms with Crippen LogP contribution in [0.2, 0.25) is 0 Å². The minimum Gasteiger partial charge on any atom is -0.490 e. The van der Waals surface area contributed by atoms with Crippen molar-refractivity contribution in [1.82, 2.24) is 4.90 Å². The second-order valence-electron chi connectivity index (χ2n) is 5.36. The van der Waals surface area contributed by atoms with Crippen molar-refractivity contribution < 1.29 is 19.0 Å². The molecule has 0 bridgehead atoms. The fourth-order valence-electron chi connectivity index (χ4n) is 2.35. The van der Waals surface area contributed by atoms with Crippen molar-refractivity contribution >= 4 is 11.7 Å². The molecule has 1 atom stereocenters. The molecule has 0 aliphatic heterocycles. The molecule has 0 radical (unpaired) electrons. The van der Waals surface area contributed by atoms with Crippen LogP contribution >= 0.6 is 0 Å². The van der Waals surface area contributed by atoms with Gasteiger partial charge >= 0.3 is 5.97 Å². The quantitative estimate of drug-likeness (QED) is 0.485. The van der Waals surface area contributed by atoms with Gasteiger partial charge in [-0.25, -0.2) is 4.79 Å². The van der Waals surface area contributed by atoms with E-state index in [4.69, 9.17) is 14.2 Å². The first-order valence-electron chi connectivity index (χ1n) is 7.79. The summed E-state index contributed by atoms with van der Waals surface area (Å²) in [7, 11) is 6.82. The molecule has 1 aromatic rings. The number of ether oxygens (including phenoxy) is 3. The van der Waals surface area contributed by atoms with E-state index in [1.165, 1.54) is 14.2 Å². The smallest absolute Gasteiger partial charge is 0.350 e. The van der Waals surface area contributed by atoms with Crippen molar-refractivity contribution in [1.29, 1.82) is 0 Å². The fourth-order valence-corrected chi connectivity index (χ4v) is 2.35. The summed E-state index contributed by atoms with van der Waals surface area (Å²) in [5, 5.41) is 0. The van der Waals surface area contributed by atoms with Gasteiger partial charge in [-0.15, -0.1) is 0 Å². The molecule has 0 aromatic heterocycles. The van der Waals surface area contributed by atoms with Crippen molar-refractivity contribution in [2.24, 2.45) is 0 Å². The van der Waals surface area contributed by atoms with Gasteiger partial charge in [0.2, 0.25) is 6.23 Å². The highest BCUT2D eigenvalue weighted by Crippen LogP contribution is 2.25. The molecule has 1 rings (SSSR count). The van der Waals surface area contributed by atoms with Crippen molar-refractivity contribution in [2.75, 3.05) is 52.9 Å². The Morgan fingerprint density at radius 1 is 1.17 bits per heavy atom. The van der Waals surface area contributed by atoms with E-state index in [-0.39, 0.29) is 0 Å². The zero-order chi connectivity index (χ0) is 17.2. The lowest BCUT2D eigenvalue weighted by Gasteiger charge is -2.28. The van der Waals surface area contributed by atoms with Crippen molar-refractivity contribution in [3.8, 4) is 5.75 Å². The van der Waals surface area contributed by atoms with Gasteiger partial charge in [-0.05, 0) is 18.6 Å². The van der Waals surface area contributed by atoms with E-state index < -0.39 is 12.2 Å². The summed E-state index contributed by atoms with van der Waals surface area (Å²) in [6.07, 6.45) is 0.207. The Kier molecular flexibility index (Phi) is 8.43. The van der Waals surface area contributed by atoms with E-state index >= 15 is 0 Å². The van der Waals surface area contributed by atoms with Gasteiger partial charge in [0, 0.05) is 34.3 Å². The van der Waals surface area contributed by atoms with Crippen LogP contribution in [0.25, 0.3) is 0 Å². The van der Waals surface area contributed by atoms with Crippen LogP contribution in [0, 0.1) is 0 Å². The van der Waals surface area contributed by atoms with E-state index in [0.717, 1.165) is 24.4 Å². The highest BCUT2D eigenvalue weighted by Gasteiger charge is 2.25. The van der Waals surface area contributed by atoms with Gasteiger partial charge in [-0.3, -0.25) is 4.90 Å². The van der Waals surface area contributed by atoms with E-state index in [0.29, 0.717) is 13.2 Å². The summed E-state index contributed by atoms with van der Waals surface area (Å²) in [5.41, 5.74) is 1.02. The lowest BCUT2D eigenvalue weighted by Crippen LogP contribution is -2.45. The molecule has 23 heavy (non-hydrogen) atoms. The Morgan fingerprint density at radius 2 is 1.87 bits per heavy atom. The van der Waals surface area contributed by atoms with E-state index in [1.54, 1.807) is 0 Å². The number of carbonyl (C=O) groups excluding carboxylic acids is 1. The summed E-state index contributed by atoms with van der Waals surface area (Å²) in [6, 6.07) is 7.86. The first-order chi connectivity index (χ1) is 11.0. The van der Waals surface area contributed by atoms with Crippen LogP contribution in [-0.2, 0) is 14.3 Å². The Labute approximate surface area is 138 Å².